The molecule has 5 N–H and O–H groups in total. The molecule has 0 radical (unpaired) electrons. The Balaban J connectivity index is 0.00000289. The van der Waals surface area contributed by atoms with Crippen LogP contribution < -0.4 is 16.8 Å². The maximum atomic E-state index is 11.6. The van der Waals surface area contributed by atoms with E-state index in [1.807, 2.05) is 24.4 Å². The van der Waals surface area contributed by atoms with Crippen LogP contribution in [-0.4, -0.2) is 23.9 Å². The van der Waals surface area contributed by atoms with Gasteiger partial charge in [-0.25, -0.2) is 0 Å². The molecule has 1 aromatic rings. The van der Waals surface area contributed by atoms with Crippen LogP contribution >= 0.6 is 23.7 Å². The minimum Gasteiger partial charge on any atom is -0.370 e. The molecule has 102 valence electrons. The topological polar surface area (TPSA) is 98.2 Å². The van der Waals surface area contributed by atoms with Crippen LogP contribution in [0, 0.1) is 0 Å². The van der Waals surface area contributed by atoms with E-state index in [9.17, 15) is 9.59 Å². The molecule has 0 aliphatic carbocycles. The lowest BCUT2D eigenvalue weighted by Gasteiger charge is -2.16. The molecule has 5 nitrogen and oxygen atoms in total. The summed E-state index contributed by atoms with van der Waals surface area (Å²) in [4.78, 5) is 23.4. The predicted molar refractivity (Wildman–Crippen MR) is 74.7 cm³/mol. The van der Waals surface area contributed by atoms with Crippen LogP contribution in [-0.2, 0) is 16.0 Å². The molecular formula is C11H18ClN3O2S. The summed E-state index contributed by atoms with van der Waals surface area (Å²) in [6.45, 7) is 1.90. The summed E-state index contributed by atoms with van der Waals surface area (Å²) in [5.41, 5.74) is 10.5. The molecule has 0 fully saturated rings. The molecule has 0 aliphatic heterocycles. The number of carbonyl (C=O) groups excluding carboxylic acids is 2. The van der Waals surface area contributed by atoms with Crippen molar-refractivity contribution in [2.45, 2.75) is 31.8 Å². The zero-order valence-electron chi connectivity index (χ0n) is 10.1. The quantitative estimate of drug-likeness (QED) is 0.708. The summed E-state index contributed by atoms with van der Waals surface area (Å²) in [7, 11) is 0. The van der Waals surface area contributed by atoms with Crippen LogP contribution in [0.25, 0.3) is 0 Å². The second-order valence-electron chi connectivity index (χ2n) is 3.97. The van der Waals surface area contributed by atoms with Crippen molar-refractivity contribution in [1.82, 2.24) is 5.32 Å². The van der Waals surface area contributed by atoms with Crippen molar-refractivity contribution >= 4 is 35.6 Å². The van der Waals surface area contributed by atoms with E-state index in [1.165, 1.54) is 4.88 Å². The standard InChI is InChI=1S/C11H17N3O2S.ClH/c1-7(5-8-3-2-4-17-8)14-11(16)9(12)6-10(13)15;/h2-4,7,9H,5-6,12H2,1H3,(H2,13,15)(H,14,16);1H. The van der Waals surface area contributed by atoms with Crippen molar-refractivity contribution in [2.75, 3.05) is 0 Å². The Bertz CT molecular complexity index is 384. The van der Waals surface area contributed by atoms with Gasteiger partial charge in [-0.1, -0.05) is 6.07 Å². The zero-order chi connectivity index (χ0) is 12.8. The number of hydrogen-bond donors (Lipinski definition) is 3. The first-order valence-electron chi connectivity index (χ1n) is 5.35. The van der Waals surface area contributed by atoms with Gasteiger partial charge in [-0.3, -0.25) is 9.59 Å². The highest BCUT2D eigenvalue weighted by atomic mass is 35.5. The molecule has 2 atom stereocenters. The molecule has 0 saturated carbocycles. The molecule has 18 heavy (non-hydrogen) atoms. The minimum atomic E-state index is -0.863. The maximum absolute atomic E-state index is 11.6. The zero-order valence-corrected chi connectivity index (χ0v) is 11.7. The second kappa shape index (κ2) is 8.07. The smallest absolute Gasteiger partial charge is 0.237 e. The Hall–Kier alpha value is -1.11. The Morgan fingerprint density at radius 1 is 1.50 bits per heavy atom. The number of carbonyl (C=O) groups is 2. The van der Waals surface area contributed by atoms with Gasteiger partial charge >= 0.3 is 0 Å². The van der Waals surface area contributed by atoms with E-state index in [-0.39, 0.29) is 30.8 Å². The molecule has 2 amide bonds. The van der Waals surface area contributed by atoms with Crippen LogP contribution in [0.5, 0.6) is 0 Å². The molecule has 2 unspecified atom stereocenters. The van der Waals surface area contributed by atoms with Gasteiger partial charge in [0, 0.05) is 17.3 Å². The number of amides is 2. The average Bonchev–Trinajstić information content (AvgIpc) is 2.68. The van der Waals surface area contributed by atoms with Crippen molar-refractivity contribution < 1.29 is 9.59 Å². The van der Waals surface area contributed by atoms with E-state index >= 15 is 0 Å². The molecule has 0 aliphatic rings. The minimum absolute atomic E-state index is 0. The lowest BCUT2D eigenvalue weighted by atomic mass is 10.1. The summed E-state index contributed by atoms with van der Waals surface area (Å²) < 4.78 is 0. The fourth-order valence-corrected chi connectivity index (χ4v) is 2.28. The Labute approximate surface area is 116 Å². The van der Waals surface area contributed by atoms with Gasteiger partial charge in [0.05, 0.1) is 12.5 Å². The Kier molecular flexibility index (Phi) is 7.58. The normalized spacial score (nSPS) is 13.2. The summed E-state index contributed by atoms with van der Waals surface area (Å²) in [5, 5.41) is 4.75. The van der Waals surface area contributed by atoms with Crippen LogP contribution in [0.4, 0.5) is 0 Å². The molecule has 1 aromatic heterocycles. The molecule has 0 bridgehead atoms. The van der Waals surface area contributed by atoms with E-state index in [4.69, 9.17) is 11.5 Å². The molecule has 0 saturated heterocycles. The monoisotopic (exact) mass is 291 g/mol. The van der Waals surface area contributed by atoms with Gasteiger partial charge in [0.1, 0.15) is 0 Å². The highest BCUT2D eigenvalue weighted by molar-refractivity contribution is 7.09. The SMILES string of the molecule is CC(Cc1cccs1)NC(=O)C(N)CC(N)=O.Cl. The van der Waals surface area contributed by atoms with Crippen molar-refractivity contribution in [3.8, 4) is 0 Å². The lowest BCUT2D eigenvalue weighted by molar-refractivity contribution is -0.126. The van der Waals surface area contributed by atoms with Gasteiger partial charge < -0.3 is 16.8 Å². The fourth-order valence-electron chi connectivity index (χ4n) is 1.44. The lowest BCUT2D eigenvalue weighted by Crippen LogP contribution is -2.46. The third kappa shape index (κ3) is 6.00. The van der Waals surface area contributed by atoms with Gasteiger partial charge in [0.25, 0.3) is 0 Å². The summed E-state index contributed by atoms with van der Waals surface area (Å²) in [5.74, 6) is -0.911. The van der Waals surface area contributed by atoms with Crippen LogP contribution in [0.3, 0.4) is 0 Å². The molecule has 0 aromatic carbocycles. The molecule has 1 heterocycles. The molecule has 0 spiro atoms. The average molecular weight is 292 g/mol. The van der Waals surface area contributed by atoms with Crippen molar-refractivity contribution in [1.29, 1.82) is 0 Å². The first-order chi connectivity index (χ1) is 7.99. The van der Waals surface area contributed by atoms with E-state index in [0.717, 1.165) is 6.42 Å². The van der Waals surface area contributed by atoms with Crippen LogP contribution in [0.15, 0.2) is 17.5 Å². The number of thiophene rings is 1. The van der Waals surface area contributed by atoms with Crippen LogP contribution in [0.2, 0.25) is 0 Å². The molecule has 7 heteroatoms. The van der Waals surface area contributed by atoms with E-state index in [2.05, 4.69) is 5.32 Å². The van der Waals surface area contributed by atoms with E-state index in [0.29, 0.717) is 0 Å². The predicted octanol–water partition coefficient (Wildman–Crippen LogP) is 0.420. The first-order valence-corrected chi connectivity index (χ1v) is 6.23. The fraction of sp³-hybridized carbons (Fsp3) is 0.455. The third-order valence-electron chi connectivity index (χ3n) is 2.23. The number of primary amides is 1. The van der Waals surface area contributed by atoms with E-state index < -0.39 is 11.9 Å². The van der Waals surface area contributed by atoms with Gasteiger partial charge in [-0.15, -0.1) is 23.7 Å². The van der Waals surface area contributed by atoms with Gasteiger partial charge in [-0.2, -0.15) is 0 Å². The Morgan fingerprint density at radius 2 is 2.17 bits per heavy atom. The van der Waals surface area contributed by atoms with Gasteiger partial charge in [0.2, 0.25) is 11.8 Å². The third-order valence-corrected chi connectivity index (χ3v) is 3.13. The second-order valence-corrected chi connectivity index (χ2v) is 5.00. The van der Waals surface area contributed by atoms with Crippen LogP contribution in [0.1, 0.15) is 18.2 Å². The summed E-state index contributed by atoms with van der Waals surface area (Å²) >= 11 is 1.64. The number of nitrogens with two attached hydrogens (primary N) is 2. The summed E-state index contributed by atoms with van der Waals surface area (Å²) in [6, 6.07) is 3.10. The van der Waals surface area contributed by atoms with Crippen molar-refractivity contribution in [2.24, 2.45) is 11.5 Å². The number of hydrogen-bond acceptors (Lipinski definition) is 4. The molecular weight excluding hydrogens is 274 g/mol. The van der Waals surface area contributed by atoms with Crippen molar-refractivity contribution in [3.05, 3.63) is 22.4 Å². The maximum Gasteiger partial charge on any atom is 0.237 e. The van der Waals surface area contributed by atoms with Gasteiger partial charge in [0.15, 0.2) is 0 Å². The number of nitrogens with one attached hydrogen (secondary N) is 1. The largest absolute Gasteiger partial charge is 0.370 e. The van der Waals surface area contributed by atoms with E-state index in [1.54, 1.807) is 11.3 Å². The van der Waals surface area contributed by atoms with Gasteiger partial charge in [-0.05, 0) is 18.4 Å². The van der Waals surface area contributed by atoms with Crippen molar-refractivity contribution in [3.63, 3.8) is 0 Å². The highest BCUT2D eigenvalue weighted by Gasteiger charge is 2.17. The number of halogens is 1. The number of rotatable bonds is 6. The molecule has 1 rings (SSSR count). The highest BCUT2D eigenvalue weighted by Crippen LogP contribution is 2.10. The Morgan fingerprint density at radius 3 is 2.67 bits per heavy atom. The first kappa shape index (κ1) is 16.9. The summed E-state index contributed by atoms with van der Waals surface area (Å²) in [6.07, 6.45) is 0.629.